The van der Waals surface area contributed by atoms with Crippen molar-refractivity contribution in [1.82, 2.24) is 5.32 Å². The van der Waals surface area contributed by atoms with Crippen LogP contribution in [0.2, 0.25) is 0 Å². The summed E-state index contributed by atoms with van der Waals surface area (Å²) in [6, 6.07) is -0.764. The molecule has 0 rings (SSSR count). The molecule has 0 fully saturated rings. The van der Waals surface area contributed by atoms with Gasteiger partial charge in [0.2, 0.25) is 5.91 Å². The molecule has 0 aromatic rings. The number of aliphatic hydroxyl groups excluding tert-OH is 1. The van der Waals surface area contributed by atoms with E-state index in [9.17, 15) is 19.4 Å². The molecule has 0 aliphatic heterocycles. The molecular weight excluding hydrogens is 635 g/mol. The topological polar surface area (TPSA) is 105 Å². The molecule has 0 aliphatic rings. The fraction of sp³-hybridized carbons (Fsp3) is 0.725. The minimum atomic E-state index is -4.30. The van der Waals surface area contributed by atoms with Gasteiger partial charge in [0.25, 0.3) is 0 Å². The van der Waals surface area contributed by atoms with E-state index in [1.54, 1.807) is 0 Å². The molecule has 0 radical (unpaired) electrons. The highest BCUT2D eigenvalue weighted by molar-refractivity contribution is 7.47. The first-order valence-electron chi connectivity index (χ1n) is 19.2. The molecule has 8 nitrogen and oxygen atoms in total. The van der Waals surface area contributed by atoms with Crippen molar-refractivity contribution >= 4 is 13.7 Å². The molecule has 0 aromatic heterocycles. The molecule has 3 atom stereocenters. The highest BCUT2D eigenvalue weighted by Gasteiger charge is 2.28. The molecule has 0 aromatic carbocycles. The second-order valence-corrected chi connectivity index (χ2v) is 15.4. The van der Waals surface area contributed by atoms with Gasteiger partial charge < -0.3 is 19.8 Å². The zero-order chi connectivity index (χ0) is 36.5. The molecule has 49 heavy (non-hydrogen) atoms. The first-order valence-corrected chi connectivity index (χ1v) is 20.6. The number of aliphatic hydroxyl groups is 1. The van der Waals surface area contributed by atoms with Gasteiger partial charge in [-0.15, -0.1) is 0 Å². The van der Waals surface area contributed by atoms with Gasteiger partial charge in [-0.1, -0.05) is 132 Å². The Labute approximate surface area is 301 Å². The fourth-order valence-corrected chi connectivity index (χ4v) is 5.69. The van der Waals surface area contributed by atoms with Crippen LogP contribution in [0.4, 0.5) is 0 Å². The lowest BCUT2D eigenvalue weighted by Gasteiger charge is -2.26. The van der Waals surface area contributed by atoms with E-state index in [0.717, 1.165) is 83.5 Å². The smallest absolute Gasteiger partial charge is 0.391 e. The maximum Gasteiger partial charge on any atom is 0.472 e. The Kier molecular flexibility index (Phi) is 31.0. The maximum absolute atomic E-state index is 12.7. The molecule has 0 bridgehead atoms. The number of nitrogens with one attached hydrogen (secondary N) is 1. The molecule has 0 saturated heterocycles. The van der Waals surface area contributed by atoms with Gasteiger partial charge in [-0.2, -0.15) is 0 Å². The molecule has 3 unspecified atom stereocenters. The fourth-order valence-electron chi connectivity index (χ4n) is 4.95. The summed E-state index contributed by atoms with van der Waals surface area (Å²) in [7, 11) is 1.59. The quantitative estimate of drug-likeness (QED) is 0.0271. The monoisotopic (exact) mass is 710 g/mol. The van der Waals surface area contributed by atoms with Crippen molar-refractivity contribution in [2.45, 2.75) is 148 Å². The number of quaternary nitrogens is 1. The van der Waals surface area contributed by atoms with Crippen LogP contribution >= 0.6 is 7.82 Å². The molecule has 3 N–H and O–H groups in total. The SMILES string of the molecule is CC/C=C\C/C=C\C/C=C\C/C=C\C/C=C\CCCCCCCCCC(=O)NC(COP(=O)(O)OCC[N+](C)(C)C)C(O)CCCCCC. The number of likely N-dealkylation sites (N-methyl/N-ethyl adjacent to an activating group) is 1. The van der Waals surface area contributed by atoms with Crippen LogP contribution in [0.1, 0.15) is 136 Å². The summed E-state index contributed by atoms with van der Waals surface area (Å²) in [5.74, 6) is -0.169. The molecule has 0 aliphatic carbocycles. The summed E-state index contributed by atoms with van der Waals surface area (Å²) >= 11 is 0. The van der Waals surface area contributed by atoms with E-state index in [1.807, 2.05) is 21.1 Å². The summed E-state index contributed by atoms with van der Waals surface area (Å²) in [6.07, 6.45) is 40.1. The highest BCUT2D eigenvalue weighted by atomic mass is 31.2. The molecule has 0 spiro atoms. The van der Waals surface area contributed by atoms with Crippen molar-refractivity contribution in [3.8, 4) is 0 Å². The van der Waals surface area contributed by atoms with Crippen LogP contribution in [0.15, 0.2) is 60.8 Å². The van der Waals surface area contributed by atoms with Gasteiger partial charge in [-0.05, 0) is 57.8 Å². The largest absolute Gasteiger partial charge is 0.472 e. The van der Waals surface area contributed by atoms with Gasteiger partial charge in [0.15, 0.2) is 0 Å². The number of phosphoric ester groups is 1. The molecule has 284 valence electrons. The number of allylic oxidation sites excluding steroid dienone is 10. The number of rotatable bonds is 33. The maximum atomic E-state index is 12.7. The van der Waals surface area contributed by atoms with Crippen molar-refractivity contribution in [2.24, 2.45) is 0 Å². The van der Waals surface area contributed by atoms with Gasteiger partial charge in [0, 0.05) is 6.42 Å². The lowest BCUT2D eigenvalue weighted by molar-refractivity contribution is -0.870. The Hall–Kier alpha value is -1.80. The minimum Gasteiger partial charge on any atom is -0.391 e. The zero-order valence-electron chi connectivity index (χ0n) is 31.9. The second kappa shape index (κ2) is 32.1. The lowest BCUT2D eigenvalue weighted by Crippen LogP contribution is -2.46. The van der Waals surface area contributed by atoms with Crippen LogP contribution in [0.3, 0.4) is 0 Å². The number of nitrogens with zero attached hydrogens (tertiary/aromatic N) is 1. The van der Waals surface area contributed by atoms with E-state index >= 15 is 0 Å². The van der Waals surface area contributed by atoms with Crippen LogP contribution in [0.5, 0.6) is 0 Å². The molecular formula is C40H74N2O6P+. The number of carbonyl (C=O) groups is 1. The standard InChI is InChI=1S/C40H73N2O6P/c1-6-8-10-12-13-14-15-16-17-18-19-20-21-22-23-24-25-26-27-28-29-30-32-34-40(44)41-38(39(43)33-31-11-9-7-2)37-48-49(45,46)47-36-35-42(3,4)5/h8,10,13-14,16-17,19-20,22-23,38-39,43H,6-7,9,11-12,15,18,21,24-37H2,1-5H3,(H-,41,44,45,46)/p+1/b10-8-,14-13-,17-16-,20-19-,23-22-. The molecule has 0 heterocycles. The van der Waals surface area contributed by atoms with E-state index in [-0.39, 0.29) is 19.1 Å². The van der Waals surface area contributed by atoms with Crippen LogP contribution in [-0.2, 0) is 18.4 Å². The number of phosphoric acid groups is 1. The van der Waals surface area contributed by atoms with E-state index < -0.39 is 20.0 Å². The number of unbranched alkanes of at least 4 members (excludes halogenated alkanes) is 10. The summed E-state index contributed by atoms with van der Waals surface area (Å²) < 4.78 is 23.3. The van der Waals surface area contributed by atoms with Gasteiger partial charge in [0.1, 0.15) is 13.2 Å². The summed E-state index contributed by atoms with van der Waals surface area (Å²) in [5, 5.41) is 13.6. The predicted molar refractivity (Wildman–Crippen MR) is 207 cm³/mol. The lowest BCUT2D eigenvalue weighted by atomic mass is 10.0. The Morgan fingerprint density at radius 1 is 0.714 bits per heavy atom. The normalized spacial score (nSPS) is 15.3. The number of amides is 1. The van der Waals surface area contributed by atoms with E-state index in [4.69, 9.17) is 9.05 Å². The first kappa shape index (κ1) is 47.2. The van der Waals surface area contributed by atoms with Crippen molar-refractivity contribution in [2.75, 3.05) is 40.9 Å². The van der Waals surface area contributed by atoms with Crippen LogP contribution in [-0.4, -0.2) is 73.4 Å². The predicted octanol–water partition coefficient (Wildman–Crippen LogP) is 9.90. The Bertz CT molecular complexity index is 986. The summed E-state index contributed by atoms with van der Waals surface area (Å²) in [4.78, 5) is 22.8. The van der Waals surface area contributed by atoms with E-state index in [0.29, 0.717) is 23.9 Å². The third kappa shape index (κ3) is 34.4. The van der Waals surface area contributed by atoms with Gasteiger partial charge in [-0.25, -0.2) is 4.57 Å². The minimum absolute atomic E-state index is 0.0676. The van der Waals surface area contributed by atoms with E-state index in [1.165, 1.54) is 25.7 Å². The highest BCUT2D eigenvalue weighted by Crippen LogP contribution is 2.43. The third-order valence-electron chi connectivity index (χ3n) is 8.03. The van der Waals surface area contributed by atoms with Gasteiger partial charge >= 0.3 is 7.82 Å². The first-order chi connectivity index (χ1) is 23.5. The Balaban J connectivity index is 4.14. The summed E-state index contributed by atoms with van der Waals surface area (Å²) in [6.45, 7) is 4.61. The van der Waals surface area contributed by atoms with Crippen LogP contribution in [0, 0.1) is 0 Å². The van der Waals surface area contributed by atoms with Gasteiger partial charge in [0.05, 0.1) is 39.9 Å². The number of hydrogen-bond acceptors (Lipinski definition) is 5. The average molecular weight is 710 g/mol. The number of hydrogen-bond donors (Lipinski definition) is 3. The average Bonchev–Trinajstić information content (AvgIpc) is 3.04. The van der Waals surface area contributed by atoms with Crippen LogP contribution in [0.25, 0.3) is 0 Å². The van der Waals surface area contributed by atoms with Crippen molar-refractivity contribution in [1.29, 1.82) is 0 Å². The Morgan fingerprint density at radius 2 is 1.22 bits per heavy atom. The van der Waals surface area contributed by atoms with E-state index in [2.05, 4.69) is 79.9 Å². The van der Waals surface area contributed by atoms with Crippen molar-refractivity contribution < 1.29 is 32.9 Å². The van der Waals surface area contributed by atoms with Gasteiger partial charge in [-0.3, -0.25) is 13.8 Å². The third-order valence-corrected chi connectivity index (χ3v) is 9.01. The molecule has 9 heteroatoms. The second-order valence-electron chi connectivity index (χ2n) is 13.9. The number of carbonyl (C=O) groups excluding carboxylic acids is 1. The summed E-state index contributed by atoms with van der Waals surface area (Å²) in [5.41, 5.74) is 0. The van der Waals surface area contributed by atoms with Crippen LogP contribution < -0.4 is 5.32 Å². The Morgan fingerprint density at radius 3 is 1.78 bits per heavy atom. The zero-order valence-corrected chi connectivity index (χ0v) is 32.8. The van der Waals surface area contributed by atoms with Crippen molar-refractivity contribution in [3.63, 3.8) is 0 Å². The molecule has 0 saturated carbocycles. The van der Waals surface area contributed by atoms with Crippen molar-refractivity contribution in [3.05, 3.63) is 60.8 Å². The molecule has 1 amide bonds.